The number of hydrogen-bond acceptors (Lipinski definition) is 3. The second-order valence-corrected chi connectivity index (χ2v) is 5.38. The van der Waals surface area contributed by atoms with Crippen molar-refractivity contribution in [1.82, 2.24) is 0 Å². The van der Waals surface area contributed by atoms with E-state index in [1.54, 1.807) is 0 Å². The highest BCUT2D eigenvalue weighted by Gasteiger charge is 2.37. The summed E-state index contributed by atoms with van der Waals surface area (Å²) in [6.45, 7) is 3.24. The molecule has 3 rings (SSSR count). The topological polar surface area (TPSA) is 55.6 Å². The van der Waals surface area contributed by atoms with Gasteiger partial charge in [-0.05, 0) is 37.0 Å². The Morgan fingerprint density at radius 2 is 2.26 bits per heavy atom. The van der Waals surface area contributed by atoms with Crippen molar-refractivity contribution in [2.24, 2.45) is 11.7 Å². The fourth-order valence-corrected chi connectivity index (χ4v) is 2.49. The molecule has 0 bridgehead atoms. The highest BCUT2D eigenvalue weighted by Crippen LogP contribution is 2.39. The summed E-state index contributed by atoms with van der Waals surface area (Å²) in [6.07, 6.45) is 3.05. The molecule has 1 saturated carbocycles. The van der Waals surface area contributed by atoms with E-state index in [4.69, 9.17) is 10.5 Å². The lowest BCUT2D eigenvalue weighted by molar-refractivity contribution is -0.120. The van der Waals surface area contributed by atoms with E-state index in [9.17, 15) is 4.79 Å². The summed E-state index contributed by atoms with van der Waals surface area (Å²) >= 11 is 0. The molecule has 1 aliphatic heterocycles. The Balaban J connectivity index is 1.95. The van der Waals surface area contributed by atoms with E-state index in [1.807, 2.05) is 23.1 Å². The lowest BCUT2D eigenvalue weighted by atomic mass is 10.1. The average molecular weight is 260 g/mol. The molecular formula is C15H20N2O2. The van der Waals surface area contributed by atoms with Gasteiger partial charge in [0.15, 0.2) is 0 Å². The van der Waals surface area contributed by atoms with Gasteiger partial charge >= 0.3 is 0 Å². The van der Waals surface area contributed by atoms with E-state index in [1.165, 1.54) is 0 Å². The normalized spacial score (nSPS) is 21.8. The second-order valence-electron chi connectivity index (χ2n) is 5.38. The van der Waals surface area contributed by atoms with Crippen molar-refractivity contribution in [3.05, 3.63) is 23.8 Å². The van der Waals surface area contributed by atoms with Crippen molar-refractivity contribution in [2.75, 3.05) is 11.4 Å². The van der Waals surface area contributed by atoms with E-state index in [-0.39, 0.29) is 17.9 Å². The molecular weight excluding hydrogens is 240 g/mol. The van der Waals surface area contributed by atoms with Crippen molar-refractivity contribution in [3.63, 3.8) is 0 Å². The maximum atomic E-state index is 12.4. The highest BCUT2D eigenvalue weighted by molar-refractivity contribution is 5.98. The van der Waals surface area contributed by atoms with Crippen LogP contribution in [0.3, 0.4) is 0 Å². The molecule has 1 amide bonds. The van der Waals surface area contributed by atoms with Gasteiger partial charge in [0.25, 0.3) is 0 Å². The van der Waals surface area contributed by atoms with Gasteiger partial charge in [0.05, 0.1) is 12.2 Å². The molecule has 1 unspecified atom stereocenters. The van der Waals surface area contributed by atoms with Crippen molar-refractivity contribution in [3.8, 4) is 5.75 Å². The van der Waals surface area contributed by atoms with E-state index in [2.05, 4.69) is 6.92 Å². The van der Waals surface area contributed by atoms with Crippen molar-refractivity contribution < 1.29 is 9.53 Å². The zero-order chi connectivity index (χ0) is 13.4. The summed E-state index contributed by atoms with van der Waals surface area (Å²) < 4.78 is 5.95. The predicted octanol–water partition coefficient (Wildman–Crippen LogP) is 2.06. The molecule has 1 aromatic carbocycles. The van der Waals surface area contributed by atoms with Crippen LogP contribution in [0.1, 0.15) is 31.7 Å². The number of carbonyl (C=O) groups excluding carboxylic acids is 1. The minimum absolute atomic E-state index is 0.0863. The zero-order valence-corrected chi connectivity index (χ0v) is 11.3. The summed E-state index contributed by atoms with van der Waals surface area (Å²) in [5.41, 5.74) is 7.60. The van der Waals surface area contributed by atoms with Gasteiger partial charge in [0.1, 0.15) is 11.9 Å². The highest BCUT2D eigenvalue weighted by atomic mass is 16.5. The molecule has 1 aliphatic carbocycles. The number of ether oxygens (including phenoxy) is 1. The third kappa shape index (κ3) is 2.32. The molecule has 19 heavy (non-hydrogen) atoms. The van der Waals surface area contributed by atoms with Crippen LogP contribution < -0.4 is 15.4 Å². The van der Waals surface area contributed by atoms with E-state index in [0.29, 0.717) is 13.1 Å². The van der Waals surface area contributed by atoms with Gasteiger partial charge in [-0.2, -0.15) is 0 Å². The number of rotatable bonds is 3. The van der Waals surface area contributed by atoms with Crippen LogP contribution in [0.4, 0.5) is 5.69 Å². The minimum atomic E-state index is 0.0863. The van der Waals surface area contributed by atoms with Gasteiger partial charge < -0.3 is 15.4 Å². The first kappa shape index (κ1) is 12.5. The molecule has 102 valence electrons. The molecule has 1 atom stereocenters. The maximum Gasteiger partial charge on any atom is 0.230 e. The molecule has 0 spiro atoms. The Labute approximate surface area is 113 Å². The molecule has 1 aromatic rings. The van der Waals surface area contributed by atoms with Gasteiger partial charge in [-0.3, -0.25) is 4.79 Å². The quantitative estimate of drug-likeness (QED) is 0.905. The molecule has 2 N–H and O–H groups in total. The monoisotopic (exact) mass is 260 g/mol. The molecule has 4 heteroatoms. The minimum Gasteiger partial charge on any atom is -0.486 e. The third-order valence-electron chi connectivity index (χ3n) is 3.88. The molecule has 4 nitrogen and oxygen atoms in total. The van der Waals surface area contributed by atoms with E-state index in [0.717, 1.165) is 36.3 Å². The Bertz CT molecular complexity index is 497. The van der Waals surface area contributed by atoms with E-state index < -0.39 is 0 Å². The summed E-state index contributed by atoms with van der Waals surface area (Å²) in [4.78, 5) is 14.3. The van der Waals surface area contributed by atoms with Gasteiger partial charge in [-0.15, -0.1) is 0 Å². The van der Waals surface area contributed by atoms with Gasteiger partial charge in [-0.1, -0.05) is 13.0 Å². The Morgan fingerprint density at radius 1 is 1.47 bits per heavy atom. The standard InChI is InChI=1S/C15H20N2O2/c1-2-12-9-17(15(18)11-4-5-11)13-6-3-10(8-16)7-14(13)19-12/h3,6-7,11-12H,2,4-5,8-9,16H2,1H3. The molecule has 1 fully saturated rings. The first-order chi connectivity index (χ1) is 9.22. The second kappa shape index (κ2) is 4.85. The van der Waals surface area contributed by atoms with Crippen molar-refractivity contribution >= 4 is 11.6 Å². The van der Waals surface area contributed by atoms with Gasteiger partial charge in [0.2, 0.25) is 5.91 Å². The number of carbonyl (C=O) groups is 1. The van der Waals surface area contributed by atoms with Crippen LogP contribution in [-0.2, 0) is 11.3 Å². The van der Waals surface area contributed by atoms with Gasteiger partial charge in [0, 0.05) is 12.5 Å². The summed E-state index contributed by atoms with van der Waals surface area (Å²) in [7, 11) is 0. The maximum absolute atomic E-state index is 12.4. The molecule has 0 radical (unpaired) electrons. The van der Waals surface area contributed by atoms with Crippen LogP contribution in [0.2, 0.25) is 0 Å². The predicted molar refractivity (Wildman–Crippen MR) is 74.1 cm³/mol. The SMILES string of the molecule is CCC1CN(C(=O)C2CC2)c2ccc(CN)cc2O1. The number of nitrogens with two attached hydrogens (primary N) is 1. The fourth-order valence-electron chi connectivity index (χ4n) is 2.49. The molecule has 0 saturated heterocycles. The van der Waals surface area contributed by atoms with Crippen LogP contribution >= 0.6 is 0 Å². The van der Waals surface area contributed by atoms with Crippen LogP contribution in [0.15, 0.2) is 18.2 Å². The first-order valence-electron chi connectivity index (χ1n) is 7.04. The summed E-state index contributed by atoms with van der Waals surface area (Å²) in [5.74, 6) is 1.29. The Morgan fingerprint density at radius 3 is 2.89 bits per heavy atom. The fraction of sp³-hybridized carbons (Fsp3) is 0.533. The van der Waals surface area contributed by atoms with Crippen LogP contribution in [0.25, 0.3) is 0 Å². The van der Waals surface area contributed by atoms with Crippen LogP contribution in [-0.4, -0.2) is 18.6 Å². The summed E-state index contributed by atoms with van der Waals surface area (Å²) in [6, 6.07) is 5.90. The Hall–Kier alpha value is -1.55. The van der Waals surface area contributed by atoms with Crippen molar-refractivity contribution in [2.45, 2.75) is 38.8 Å². The first-order valence-corrected chi connectivity index (χ1v) is 7.04. The third-order valence-corrected chi connectivity index (χ3v) is 3.88. The zero-order valence-electron chi connectivity index (χ0n) is 11.3. The van der Waals surface area contributed by atoms with E-state index >= 15 is 0 Å². The van der Waals surface area contributed by atoms with Crippen LogP contribution in [0.5, 0.6) is 5.75 Å². The Kier molecular flexibility index (Phi) is 3.19. The molecule has 2 aliphatic rings. The number of anilines is 1. The number of benzene rings is 1. The average Bonchev–Trinajstić information content (AvgIpc) is 3.29. The number of amides is 1. The lowest BCUT2D eigenvalue weighted by Gasteiger charge is -2.35. The van der Waals surface area contributed by atoms with Crippen molar-refractivity contribution in [1.29, 1.82) is 0 Å². The largest absolute Gasteiger partial charge is 0.486 e. The molecule has 0 aromatic heterocycles. The smallest absolute Gasteiger partial charge is 0.230 e. The lowest BCUT2D eigenvalue weighted by Crippen LogP contribution is -2.44. The number of nitrogens with zero attached hydrogens (tertiary/aromatic N) is 1. The number of fused-ring (bicyclic) bond motifs is 1. The molecule has 1 heterocycles. The summed E-state index contributed by atoms with van der Waals surface area (Å²) in [5, 5.41) is 0. The van der Waals surface area contributed by atoms with Crippen LogP contribution in [0, 0.1) is 5.92 Å². The number of hydrogen-bond donors (Lipinski definition) is 1. The van der Waals surface area contributed by atoms with Gasteiger partial charge in [-0.25, -0.2) is 0 Å².